The average Bonchev–Trinajstić information content (AvgIpc) is 2.39. The molecule has 0 fully saturated rings. The van der Waals surface area contributed by atoms with Gasteiger partial charge in [0.2, 0.25) is 0 Å². The summed E-state index contributed by atoms with van der Waals surface area (Å²) >= 11 is 0. The summed E-state index contributed by atoms with van der Waals surface area (Å²) in [7, 11) is 0. The third-order valence-electron chi connectivity index (χ3n) is 2.43. The fourth-order valence-electron chi connectivity index (χ4n) is 1.83. The molecule has 3 heteroatoms. The molecule has 14 heavy (non-hydrogen) atoms. The van der Waals surface area contributed by atoms with Gasteiger partial charge in [0.25, 0.3) is 0 Å². The highest BCUT2D eigenvalue weighted by molar-refractivity contribution is 5.45. The standard InChI is InChI=1S/C11H15N3/c1-7-4-5-14-10(6-7)13-9(3)11(14)8(2)12/h4-6,8H,12H2,1-3H3. The zero-order chi connectivity index (χ0) is 10.3. The van der Waals surface area contributed by atoms with Crippen LogP contribution in [0.1, 0.15) is 29.9 Å². The minimum absolute atomic E-state index is 0.0210. The van der Waals surface area contributed by atoms with E-state index in [0.717, 1.165) is 17.0 Å². The fraction of sp³-hybridized carbons (Fsp3) is 0.364. The molecule has 0 aliphatic rings. The van der Waals surface area contributed by atoms with Crippen molar-refractivity contribution in [2.75, 3.05) is 0 Å². The summed E-state index contributed by atoms with van der Waals surface area (Å²) in [6.45, 7) is 6.05. The maximum absolute atomic E-state index is 5.90. The number of hydrogen-bond acceptors (Lipinski definition) is 2. The maximum Gasteiger partial charge on any atom is 0.137 e. The number of pyridine rings is 1. The first-order chi connectivity index (χ1) is 6.59. The minimum atomic E-state index is 0.0210. The fourth-order valence-corrected chi connectivity index (χ4v) is 1.83. The third-order valence-corrected chi connectivity index (χ3v) is 2.43. The molecule has 0 bridgehead atoms. The molecule has 0 radical (unpaired) electrons. The molecule has 74 valence electrons. The average molecular weight is 189 g/mol. The molecule has 0 aromatic carbocycles. The molecule has 2 heterocycles. The molecule has 0 saturated heterocycles. The van der Waals surface area contributed by atoms with Gasteiger partial charge in [-0.3, -0.25) is 0 Å². The second-order valence-electron chi connectivity index (χ2n) is 3.80. The van der Waals surface area contributed by atoms with Gasteiger partial charge in [0.15, 0.2) is 0 Å². The molecule has 2 N–H and O–H groups in total. The Morgan fingerprint density at radius 2 is 2.14 bits per heavy atom. The van der Waals surface area contributed by atoms with Gasteiger partial charge in [0.05, 0.1) is 11.4 Å². The summed E-state index contributed by atoms with van der Waals surface area (Å²) in [5, 5.41) is 0. The molecule has 0 amide bonds. The summed E-state index contributed by atoms with van der Waals surface area (Å²) < 4.78 is 2.06. The van der Waals surface area contributed by atoms with E-state index >= 15 is 0 Å². The monoisotopic (exact) mass is 189 g/mol. The van der Waals surface area contributed by atoms with Crippen molar-refractivity contribution in [2.24, 2.45) is 5.73 Å². The molecular formula is C11H15N3. The molecule has 0 saturated carbocycles. The van der Waals surface area contributed by atoms with Crippen LogP contribution in [0, 0.1) is 13.8 Å². The van der Waals surface area contributed by atoms with Gasteiger partial charge in [-0.25, -0.2) is 4.98 Å². The summed E-state index contributed by atoms with van der Waals surface area (Å²) in [6, 6.07) is 4.16. The highest BCUT2D eigenvalue weighted by Gasteiger charge is 2.11. The molecule has 2 rings (SSSR count). The van der Waals surface area contributed by atoms with Crippen LogP contribution in [0.2, 0.25) is 0 Å². The van der Waals surface area contributed by atoms with E-state index in [9.17, 15) is 0 Å². The van der Waals surface area contributed by atoms with E-state index in [2.05, 4.69) is 28.4 Å². The molecular weight excluding hydrogens is 174 g/mol. The van der Waals surface area contributed by atoms with Crippen LogP contribution in [-0.4, -0.2) is 9.38 Å². The largest absolute Gasteiger partial charge is 0.323 e. The van der Waals surface area contributed by atoms with E-state index in [1.54, 1.807) is 0 Å². The van der Waals surface area contributed by atoms with Crippen molar-refractivity contribution in [3.8, 4) is 0 Å². The van der Waals surface area contributed by atoms with E-state index in [1.165, 1.54) is 5.56 Å². The maximum atomic E-state index is 5.90. The normalized spacial score (nSPS) is 13.4. The quantitative estimate of drug-likeness (QED) is 0.745. The summed E-state index contributed by atoms with van der Waals surface area (Å²) in [6.07, 6.45) is 2.03. The number of rotatable bonds is 1. The summed E-state index contributed by atoms with van der Waals surface area (Å²) in [5.41, 5.74) is 10.2. The van der Waals surface area contributed by atoms with Crippen LogP contribution in [0.25, 0.3) is 5.65 Å². The lowest BCUT2D eigenvalue weighted by molar-refractivity contribution is 0.761. The van der Waals surface area contributed by atoms with Gasteiger partial charge in [0.1, 0.15) is 5.65 Å². The smallest absolute Gasteiger partial charge is 0.137 e. The van der Waals surface area contributed by atoms with Crippen LogP contribution in [-0.2, 0) is 0 Å². The Labute approximate surface area is 83.6 Å². The van der Waals surface area contributed by atoms with Gasteiger partial charge in [-0.1, -0.05) is 0 Å². The van der Waals surface area contributed by atoms with Gasteiger partial charge < -0.3 is 10.1 Å². The van der Waals surface area contributed by atoms with E-state index in [4.69, 9.17) is 5.73 Å². The van der Waals surface area contributed by atoms with Crippen molar-refractivity contribution in [1.82, 2.24) is 9.38 Å². The van der Waals surface area contributed by atoms with Crippen molar-refractivity contribution in [3.63, 3.8) is 0 Å². The number of aryl methyl sites for hydroxylation is 2. The number of imidazole rings is 1. The van der Waals surface area contributed by atoms with Crippen molar-refractivity contribution in [1.29, 1.82) is 0 Å². The lowest BCUT2D eigenvalue weighted by Gasteiger charge is -2.06. The van der Waals surface area contributed by atoms with Gasteiger partial charge in [-0.2, -0.15) is 0 Å². The Bertz CT molecular complexity index is 469. The number of nitrogens with zero attached hydrogens (tertiary/aromatic N) is 2. The van der Waals surface area contributed by atoms with Crippen LogP contribution in [0.15, 0.2) is 18.3 Å². The van der Waals surface area contributed by atoms with E-state index in [-0.39, 0.29) is 6.04 Å². The van der Waals surface area contributed by atoms with Crippen LogP contribution >= 0.6 is 0 Å². The van der Waals surface area contributed by atoms with Crippen LogP contribution in [0.3, 0.4) is 0 Å². The van der Waals surface area contributed by atoms with Crippen LogP contribution in [0.4, 0.5) is 0 Å². The predicted molar refractivity (Wildman–Crippen MR) is 57.3 cm³/mol. The lowest BCUT2D eigenvalue weighted by atomic mass is 10.2. The van der Waals surface area contributed by atoms with Gasteiger partial charge >= 0.3 is 0 Å². The Balaban J connectivity index is 2.77. The first-order valence-electron chi connectivity index (χ1n) is 4.80. The molecule has 1 atom stereocenters. The zero-order valence-electron chi connectivity index (χ0n) is 8.78. The van der Waals surface area contributed by atoms with Gasteiger partial charge in [-0.15, -0.1) is 0 Å². The van der Waals surface area contributed by atoms with Gasteiger partial charge in [0, 0.05) is 12.2 Å². The van der Waals surface area contributed by atoms with E-state index in [0.29, 0.717) is 0 Å². The molecule has 0 aliphatic heterocycles. The second kappa shape index (κ2) is 3.10. The third kappa shape index (κ3) is 1.30. The zero-order valence-corrected chi connectivity index (χ0v) is 8.78. The highest BCUT2D eigenvalue weighted by Crippen LogP contribution is 2.18. The SMILES string of the molecule is Cc1ccn2c(C(C)N)c(C)nc2c1. The number of fused-ring (bicyclic) bond motifs is 1. The molecule has 0 spiro atoms. The Morgan fingerprint density at radius 3 is 2.79 bits per heavy atom. The van der Waals surface area contributed by atoms with E-state index < -0.39 is 0 Å². The Morgan fingerprint density at radius 1 is 1.43 bits per heavy atom. The molecule has 2 aromatic heterocycles. The van der Waals surface area contributed by atoms with Crippen LogP contribution in [0.5, 0.6) is 0 Å². The second-order valence-corrected chi connectivity index (χ2v) is 3.80. The molecule has 3 nitrogen and oxygen atoms in total. The van der Waals surface area contributed by atoms with Crippen molar-refractivity contribution in [2.45, 2.75) is 26.8 Å². The number of nitrogens with two attached hydrogens (primary N) is 1. The predicted octanol–water partition coefficient (Wildman–Crippen LogP) is 1.97. The van der Waals surface area contributed by atoms with Crippen molar-refractivity contribution < 1.29 is 0 Å². The topological polar surface area (TPSA) is 43.3 Å². The molecule has 1 unspecified atom stereocenters. The minimum Gasteiger partial charge on any atom is -0.323 e. The summed E-state index contributed by atoms with van der Waals surface area (Å²) in [4.78, 5) is 4.48. The Kier molecular flexibility index (Phi) is 2.04. The number of hydrogen-bond donors (Lipinski definition) is 1. The lowest BCUT2D eigenvalue weighted by Crippen LogP contribution is -2.09. The number of aromatic nitrogens is 2. The van der Waals surface area contributed by atoms with E-state index in [1.807, 2.05) is 20.0 Å². The Hall–Kier alpha value is -1.35. The molecule has 0 aliphatic carbocycles. The van der Waals surface area contributed by atoms with Crippen molar-refractivity contribution in [3.05, 3.63) is 35.3 Å². The first kappa shape index (κ1) is 9.21. The first-order valence-corrected chi connectivity index (χ1v) is 4.80. The highest BCUT2D eigenvalue weighted by atomic mass is 15.0. The van der Waals surface area contributed by atoms with Gasteiger partial charge in [-0.05, 0) is 38.5 Å². The molecule has 2 aromatic rings. The van der Waals surface area contributed by atoms with Crippen LogP contribution < -0.4 is 5.73 Å². The summed E-state index contributed by atoms with van der Waals surface area (Å²) in [5.74, 6) is 0. The van der Waals surface area contributed by atoms with Crippen molar-refractivity contribution >= 4 is 5.65 Å².